The Labute approximate surface area is 243 Å². The monoisotopic (exact) mass is 563 g/mol. The molecule has 3 heterocycles. The molecule has 5 aromatic rings. The molecule has 42 heavy (non-hydrogen) atoms. The molecule has 2 aromatic heterocycles. The number of aromatic amines is 1. The topological polar surface area (TPSA) is 110 Å². The number of nitrogens with zero attached hydrogens (tertiary/aromatic N) is 5. The lowest BCUT2D eigenvalue weighted by Gasteiger charge is -2.29. The predicted molar refractivity (Wildman–Crippen MR) is 160 cm³/mol. The highest BCUT2D eigenvalue weighted by atomic mass is 16.5. The maximum atomic E-state index is 13.4. The van der Waals surface area contributed by atoms with Gasteiger partial charge >= 0.3 is 0 Å². The fourth-order valence-corrected chi connectivity index (χ4v) is 5.36. The molecule has 0 atom stereocenters. The van der Waals surface area contributed by atoms with Gasteiger partial charge in [-0.05, 0) is 55.2 Å². The van der Waals surface area contributed by atoms with Crippen LogP contribution in [0.3, 0.4) is 0 Å². The Kier molecular flexibility index (Phi) is 7.05. The highest BCUT2D eigenvalue weighted by molar-refractivity contribution is 5.94. The van der Waals surface area contributed by atoms with Crippen LogP contribution in [0.25, 0.3) is 28.0 Å². The van der Waals surface area contributed by atoms with Crippen LogP contribution < -0.4 is 15.0 Å². The molecule has 0 spiro atoms. The van der Waals surface area contributed by atoms with Gasteiger partial charge in [0.25, 0.3) is 5.91 Å². The lowest BCUT2D eigenvalue weighted by molar-refractivity contribution is 0.0938. The van der Waals surface area contributed by atoms with Crippen molar-refractivity contribution in [2.75, 3.05) is 31.2 Å². The molecule has 1 aliphatic heterocycles. The number of rotatable bonds is 9. The van der Waals surface area contributed by atoms with E-state index < -0.39 is 0 Å². The Morgan fingerprint density at radius 1 is 1.02 bits per heavy atom. The van der Waals surface area contributed by atoms with Gasteiger partial charge in [0, 0.05) is 42.0 Å². The van der Waals surface area contributed by atoms with E-state index in [0.717, 1.165) is 71.5 Å². The number of morpholine rings is 1. The number of hydrogen-bond acceptors (Lipinski definition) is 7. The zero-order valence-electron chi connectivity index (χ0n) is 23.5. The number of carbonyl (C=O) groups is 1. The molecule has 1 aliphatic carbocycles. The van der Waals surface area contributed by atoms with E-state index in [1.54, 1.807) is 0 Å². The molecule has 2 aliphatic rings. The molecule has 0 bridgehead atoms. The zero-order valence-corrected chi connectivity index (χ0v) is 23.5. The lowest BCUT2D eigenvalue weighted by atomic mass is 10.1. The maximum Gasteiger partial charge on any atom is 0.289 e. The minimum absolute atomic E-state index is 0.189. The van der Waals surface area contributed by atoms with E-state index in [1.807, 2.05) is 59.2 Å². The van der Waals surface area contributed by atoms with Crippen LogP contribution in [0, 0.1) is 0 Å². The van der Waals surface area contributed by atoms with Crippen molar-refractivity contribution in [1.29, 1.82) is 0 Å². The number of anilines is 1. The van der Waals surface area contributed by atoms with Gasteiger partial charge < -0.3 is 19.7 Å². The van der Waals surface area contributed by atoms with Crippen LogP contribution in [-0.4, -0.2) is 63.2 Å². The number of fused-ring (bicyclic) bond motifs is 1. The van der Waals surface area contributed by atoms with Gasteiger partial charge in [-0.1, -0.05) is 37.3 Å². The van der Waals surface area contributed by atoms with Crippen LogP contribution in [0.4, 0.5) is 5.69 Å². The molecule has 1 amide bonds. The van der Waals surface area contributed by atoms with Gasteiger partial charge in [-0.2, -0.15) is 5.10 Å². The quantitative estimate of drug-likeness (QED) is 0.268. The van der Waals surface area contributed by atoms with Crippen molar-refractivity contribution in [2.24, 2.45) is 0 Å². The predicted octanol–water partition coefficient (Wildman–Crippen LogP) is 4.68. The molecule has 2 fully saturated rings. The summed E-state index contributed by atoms with van der Waals surface area (Å²) in [6, 6.07) is 22.4. The van der Waals surface area contributed by atoms with E-state index in [1.165, 1.54) is 0 Å². The summed E-state index contributed by atoms with van der Waals surface area (Å²) in [7, 11) is 0. The molecule has 10 nitrogen and oxygen atoms in total. The van der Waals surface area contributed by atoms with Crippen LogP contribution >= 0.6 is 0 Å². The molecule has 7 rings (SSSR count). The van der Waals surface area contributed by atoms with E-state index in [0.29, 0.717) is 31.4 Å². The fraction of sp³-hybridized carbons (Fsp3) is 0.312. The molecular weight excluding hydrogens is 530 g/mol. The van der Waals surface area contributed by atoms with E-state index in [-0.39, 0.29) is 17.8 Å². The highest BCUT2D eigenvalue weighted by Crippen LogP contribution is 2.36. The van der Waals surface area contributed by atoms with Crippen molar-refractivity contribution in [3.8, 4) is 22.8 Å². The third-order valence-electron chi connectivity index (χ3n) is 7.82. The number of amides is 1. The summed E-state index contributed by atoms with van der Waals surface area (Å²) in [5.74, 6) is 1.17. The number of aromatic nitrogens is 5. The van der Waals surface area contributed by atoms with E-state index >= 15 is 0 Å². The first-order valence-electron chi connectivity index (χ1n) is 14.6. The number of ether oxygens (including phenoxy) is 2. The first-order chi connectivity index (χ1) is 20.7. The number of nitrogens with one attached hydrogen (secondary N) is 2. The SMILES string of the molecule is CCc1n[nH]c2cc(OCc3ccccc3)c(-c3nnc(C(=O)NC4CC4)n3-c3ccc(N4CCOCC4)cc3)cc12. The number of carbonyl (C=O) groups excluding carboxylic acids is 1. The first-order valence-corrected chi connectivity index (χ1v) is 14.6. The van der Waals surface area contributed by atoms with Gasteiger partial charge in [0.15, 0.2) is 5.82 Å². The second-order valence-electron chi connectivity index (χ2n) is 10.7. The zero-order chi connectivity index (χ0) is 28.5. The Morgan fingerprint density at radius 3 is 2.52 bits per heavy atom. The number of H-pyrrole nitrogens is 1. The summed E-state index contributed by atoms with van der Waals surface area (Å²) in [6.07, 6.45) is 2.74. The number of hydrogen-bond donors (Lipinski definition) is 2. The molecule has 214 valence electrons. The van der Waals surface area contributed by atoms with Crippen molar-refractivity contribution in [1.82, 2.24) is 30.3 Å². The average Bonchev–Trinajstić information content (AvgIpc) is 3.59. The van der Waals surface area contributed by atoms with Crippen molar-refractivity contribution in [2.45, 2.75) is 38.8 Å². The molecule has 10 heteroatoms. The minimum Gasteiger partial charge on any atom is -0.488 e. The molecule has 3 aromatic carbocycles. The fourth-order valence-electron chi connectivity index (χ4n) is 5.36. The van der Waals surface area contributed by atoms with Gasteiger partial charge in [-0.15, -0.1) is 10.2 Å². The highest BCUT2D eigenvalue weighted by Gasteiger charge is 2.29. The first kappa shape index (κ1) is 26.2. The van der Waals surface area contributed by atoms with E-state index in [9.17, 15) is 4.79 Å². The summed E-state index contributed by atoms with van der Waals surface area (Å²) in [5.41, 5.74) is 5.53. The van der Waals surface area contributed by atoms with Gasteiger partial charge in [0.1, 0.15) is 12.4 Å². The molecule has 1 saturated heterocycles. The van der Waals surface area contributed by atoms with Crippen LogP contribution in [0.15, 0.2) is 66.7 Å². The Balaban J connectivity index is 1.34. The third kappa shape index (κ3) is 5.21. The molecular formula is C32H33N7O3. The molecule has 0 unspecified atom stereocenters. The Morgan fingerprint density at radius 2 is 1.79 bits per heavy atom. The maximum absolute atomic E-state index is 13.4. The smallest absolute Gasteiger partial charge is 0.289 e. The number of aryl methyl sites for hydroxylation is 1. The Hall–Kier alpha value is -4.70. The summed E-state index contributed by atoms with van der Waals surface area (Å²) in [4.78, 5) is 15.7. The van der Waals surface area contributed by atoms with Crippen molar-refractivity contribution < 1.29 is 14.3 Å². The van der Waals surface area contributed by atoms with Crippen LogP contribution in [0.5, 0.6) is 5.75 Å². The van der Waals surface area contributed by atoms with E-state index in [4.69, 9.17) is 9.47 Å². The summed E-state index contributed by atoms with van der Waals surface area (Å²) < 4.78 is 13.8. The minimum atomic E-state index is -0.237. The standard InChI is InChI=1S/C32H33N7O3/c1-2-27-25-18-26(29(19-28(25)35-34-27)42-20-21-6-4-3-5-7-21)30-36-37-31(32(40)33-22-8-9-22)39(30)24-12-10-23(11-13-24)38-14-16-41-17-15-38/h3-7,10-13,18-19,22H,2,8-9,14-17,20H2,1H3,(H,33,40)(H,34,35). The van der Waals surface area contributed by atoms with Gasteiger partial charge in [-0.3, -0.25) is 14.5 Å². The molecule has 0 radical (unpaired) electrons. The van der Waals surface area contributed by atoms with Crippen molar-refractivity contribution in [3.63, 3.8) is 0 Å². The van der Waals surface area contributed by atoms with Crippen LogP contribution in [0.1, 0.15) is 41.6 Å². The summed E-state index contributed by atoms with van der Waals surface area (Å²) >= 11 is 0. The lowest BCUT2D eigenvalue weighted by Crippen LogP contribution is -2.36. The van der Waals surface area contributed by atoms with Gasteiger partial charge in [-0.25, -0.2) is 0 Å². The largest absolute Gasteiger partial charge is 0.488 e. The molecule has 1 saturated carbocycles. The van der Waals surface area contributed by atoms with Crippen molar-refractivity contribution >= 4 is 22.5 Å². The number of benzene rings is 3. The van der Waals surface area contributed by atoms with Crippen molar-refractivity contribution in [3.05, 3.63) is 83.8 Å². The van der Waals surface area contributed by atoms with Crippen LogP contribution in [-0.2, 0) is 17.8 Å². The van der Waals surface area contributed by atoms with E-state index in [2.05, 4.69) is 49.7 Å². The normalized spacial score (nSPS) is 15.2. The second kappa shape index (κ2) is 11.3. The average molecular weight is 564 g/mol. The summed E-state index contributed by atoms with van der Waals surface area (Å²) in [6.45, 7) is 5.58. The van der Waals surface area contributed by atoms with Crippen LogP contribution in [0.2, 0.25) is 0 Å². The van der Waals surface area contributed by atoms with Gasteiger partial charge in [0.05, 0.1) is 30.0 Å². The van der Waals surface area contributed by atoms with Gasteiger partial charge in [0.2, 0.25) is 5.82 Å². The second-order valence-corrected chi connectivity index (χ2v) is 10.7. The third-order valence-corrected chi connectivity index (χ3v) is 7.82. The Bertz CT molecular complexity index is 1700. The molecule has 2 N–H and O–H groups in total. The summed E-state index contributed by atoms with van der Waals surface area (Å²) in [5, 5.41) is 20.8.